The Hall–Kier alpha value is -1.45. The van der Waals surface area contributed by atoms with E-state index in [4.69, 9.17) is 5.84 Å². The van der Waals surface area contributed by atoms with Gasteiger partial charge in [0.25, 0.3) is 0 Å². The van der Waals surface area contributed by atoms with Crippen molar-refractivity contribution in [3.05, 3.63) is 42.2 Å². The van der Waals surface area contributed by atoms with Gasteiger partial charge in [0.1, 0.15) is 0 Å². The predicted octanol–water partition coefficient (Wildman–Crippen LogP) is 2.54. The van der Waals surface area contributed by atoms with Crippen LogP contribution in [0.5, 0.6) is 0 Å². The quantitative estimate of drug-likeness (QED) is 0.608. The standard InChI is InChI=1S/C13H17N3/c1-2-4-13(16-14)12-6-3-5-10-9-15-8-7-11(10)12/h3,5-9,13,16H,2,4,14H2,1H3. The third-order valence-electron chi connectivity index (χ3n) is 2.87. The Kier molecular flexibility index (Phi) is 3.49. The van der Waals surface area contributed by atoms with Crippen molar-refractivity contribution in [2.45, 2.75) is 25.8 Å². The zero-order valence-electron chi connectivity index (χ0n) is 9.48. The van der Waals surface area contributed by atoms with Gasteiger partial charge in [0, 0.05) is 23.8 Å². The average molecular weight is 215 g/mol. The fourth-order valence-electron chi connectivity index (χ4n) is 2.07. The molecule has 0 aliphatic heterocycles. The molecule has 1 aromatic heterocycles. The topological polar surface area (TPSA) is 50.9 Å². The molecule has 0 aliphatic carbocycles. The van der Waals surface area contributed by atoms with Crippen LogP contribution in [-0.2, 0) is 0 Å². The van der Waals surface area contributed by atoms with Crippen LogP contribution in [0.1, 0.15) is 31.4 Å². The summed E-state index contributed by atoms with van der Waals surface area (Å²) in [5.74, 6) is 5.62. The molecule has 0 bridgehead atoms. The summed E-state index contributed by atoms with van der Waals surface area (Å²) >= 11 is 0. The number of hydrogen-bond acceptors (Lipinski definition) is 3. The first-order valence-corrected chi connectivity index (χ1v) is 5.65. The number of pyridine rings is 1. The number of rotatable bonds is 4. The number of hydrazine groups is 1. The summed E-state index contributed by atoms with van der Waals surface area (Å²) in [6, 6.07) is 8.52. The Morgan fingerprint density at radius 1 is 1.38 bits per heavy atom. The van der Waals surface area contributed by atoms with Gasteiger partial charge in [-0.15, -0.1) is 0 Å². The lowest BCUT2D eigenvalue weighted by Crippen LogP contribution is -2.28. The van der Waals surface area contributed by atoms with E-state index in [9.17, 15) is 0 Å². The predicted molar refractivity (Wildman–Crippen MR) is 66.7 cm³/mol. The molecule has 0 saturated carbocycles. The first kappa shape index (κ1) is 11.0. The van der Waals surface area contributed by atoms with Gasteiger partial charge in [-0.1, -0.05) is 31.5 Å². The van der Waals surface area contributed by atoms with Crippen molar-refractivity contribution < 1.29 is 0 Å². The van der Waals surface area contributed by atoms with Crippen LogP contribution in [0.15, 0.2) is 36.7 Å². The molecule has 1 heterocycles. The first-order valence-electron chi connectivity index (χ1n) is 5.65. The maximum absolute atomic E-state index is 5.62. The molecule has 0 saturated heterocycles. The number of nitrogens with zero attached hydrogens (tertiary/aromatic N) is 1. The molecule has 1 atom stereocenters. The molecule has 0 aliphatic rings. The lowest BCUT2D eigenvalue weighted by molar-refractivity contribution is 0.513. The van der Waals surface area contributed by atoms with E-state index in [-0.39, 0.29) is 6.04 Å². The summed E-state index contributed by atoms with van der Waals surface area (Å²) in [4.78, 5) is 4.13. The highest BCUT2D eigenvalue weighted by Gasteiger charge is 2.11. The molecule has 1 unspecified atom stereocenters. The van der Waals surface area contributed by atoms with Crippen LogP contribution in [0.4, 0.5) is 0 Å². The highest BCUT2D eigenvalue weighted by Crippen LogP contribution is 2.25. The summed E-state index contributed by atoms with van der Waals surface area (Å²) in [7, 11) is 0. The van der Waals surface area contributed by atoms with Gasteiger partial charge in [-0.2, -0.15) is 0 Å². The Labute approximate surface area is 95.7 Å². The molecule has 0 radical (unpaired) electrons. The number of hydrogen-bond donors (Lipinski definition) is 2. The van der Waals surface area contributed by atoms with E-state index < -0.39 is 0 Å². The Morgan fingerprint density at radius 2 is 2.25 bits per heavy atom. The molecule has 3 nitrogen and oxygen atoms in total. The van der Waals surface area contributed by atoms with E-state index in [0.29, 0.717) is 0 Å². The smallest absolute Gasteiger partial charge is 0.0466 e. The molecule has 3 heteroatoms. The third-order valence-corrected chi connectivity index (χ3v) is 2.87. The molecule has 0 spiro atoms. The zero-order chi connectivity index (χ0) is 11.4. The van der Waals surface area contributed by atoms with Crippen LogP contribution in [0.25, 0.3) is 10.8 Å². The summed E-state index contributed by atoms with van der Waals surface area (Å²) in [6.45, 7) is 2.16. The van der Waals surface area contributed by atoms with Crippen LogP contribution in [-0.4, -0.2) is 4.98 Å². The minimum absolute atomic E-state index is 0.219. The van der Waals surface area contributed by atoms with Gasteiger partial charge in [0.2, 0.25) is 0 Å². The largest absolute Gasteiger partial charge is 0.271 e. The van der Waals surface area contributed by atoms with Crippen molar-refractivity contribution in [1.82, 2.24) is 10.4 Å². The first-order chi connectivity index (χ1) is 7.86. The molecule has 0 fully saturated rings. The van der Waals surface area contributed by atoms with Crippen LogP contribution in [0.2, 0.25) is 0 Å². The average Bonchev–Trinajstić information content (AvgIpc) is 2.35. The van der Waals surface area contributed by atoms with Crippen molar-refractivity contribution in [1.29, 1.82) is 0 Å². The van der Waals surface area contributed by atoms with Crippen LogP contribution in [0.3, 0.4) is 0 Å². The van der Waals surface area contributed by atoms with E-state index in [1.165, 1.54) is 10.9 Å². The molecule has 1 aromatic carbocycles. The lowest BCUT2D eigenvalue weighted by Gasteiger charge is -2.17. The van der Waals surface area contributed by atoms with E-state index in [0.717, 1.165) is 18.2 Å². The van der Waals surface area contributed by atoms with Crippen molar-refractivity contribution in [2.24, 2.45) is 5.84 Å². The molecule has 0 amide bonds. The number of benzene rings is 1. The second-order valence-electron chi connectivity index (χ2n) is 3.95. The molecule has 2 rings (SSSR count). The second kappa shape index (κ2) is 5.05. The second-order valence-corrected chi connectivity index (χ2v) is 3.95. The molecule has 3 N–H and O–H groups in total. The van der Waals surface area contributed by atoms with E-state index in [1.807, 2.05) is 18.5 Å². The van der Waals surface area contributed by atoms with Crippen LogP contribution in [0, 0.1) is 0 Å². The van der Waals surface area contributed by atoms with E-state index >= 15 is 0 Å². The summed E-state index contributed by atoms with van der Waals surface area (Å²) < 4.78 is 0. The molecular weight excluding hydrogens is 198 g/mol. The van der Waals surface area contributed by atoms with Crippen LogP contribution >= 0.6 is 0 Å². The van der Waals surface area contributed by atoms with Crippen molar-refractivity contribution in [3.63, 3.8) is 0 Å². The van der Waals surface area contributed by atoms with E-state index in [2.05, 4.69) is 35.5 Å². The van der Waals surface area contributed by atoms with Crippen molar-refractivity contribution in [2.75, 3.05) is 0 Å². The summed E-state index contributed by atoms with van der Waals surface area (Å²) in [6.07, 6.45) is 5.86. The highest BCUT2D eigenvalue weighted by molar-refractivity contribution is 5.85. The van der Waals surface area contributed by atoms with Gasteiger partial charge in [-0.05, 0) is 23.4 Å². The van der Waals surface area contributed by atoms with Gasteiger partial charge in [0.15, 0.2) is 0 Å². The fourth-order valence-corrected chi connectivity index (χ4v) is 2.07. The minimum atomic E-state index is 0.219. The van der Waals surface area contributed by atoms with Crippen molar-refractivity contribution in [3.8, 4) is 0 Å². The molecule has 16 heavy (non-hydrogen) atoms. The van der Waals surface area contributed by atoms with Crippen molar-refractivity contribution >= 4 is 10.8 Å². The molecule has 2 aromatic rings. The number of nitrogens with two attached hydrogens (primary N) is 1. The fraction of sp³-hybridized carbons (Fsp3) is 0.308. The Bertz CT molecular complexity index is 462. The summed E-state index contributed by atoms with van der Waals surface area (Å²) in [5.41, 5.74) is 4.14. The third kappa shape index (κ3) is 2.05. The van der Waals surface area contributed by atoms with Gasteiger partial charge >= 0.3 is 0 Å². The zero-order valence-corrected chi connectivity index (χ0v) is 9.48. The van der Waals surface area contributed by atoms with Gasteiger partial charge < -0.3 is 0 Å². The highest BCUT2D eigenvalue weighted by atomic mass is 15.2. The molecule has 84 valence electrons. The number of fused-ring (bicyclic) bond motifs is 1. The molecular formula is C13H17N3. The maximum atomic E-state index is 5.62. The summed E-state index contributed by atoms with van der Waals surface area (Å²) in [5, 5.41) is 2.39. The van der Waals surface area contributed by atoms with Gasteiger partial charge in [-0.3, -0.25) is 16.3 Å². The lowest BCUT2D eigenvalue weighted by atomic mass is 9.97. The normalized spacial score (nSPS) is 12.9. The van der Waals surface area contributed by atoms with E-state index in [1.54, 1.807) is 0 Å². The minimum Gasteiger partial charge on any atom is -0.271 e. The number of aromatic nitrogens is 1. The Balaban J connectivity index is 2.50. The maximum Gasteiger partial charge on any atom is 0.0466 e. The monoisotopic (exact) mass is 215 g/mol. The Morgan fingerprint density at radius 3 is 3.00 bits per heavy atom. The number of nitrogens with one attached hydrogen (secondary N) is 1. The SMILES string of the molecule is CCCC(NN)c1cccc2cnccc12. The van der Waals surface area contributed by atoms with Crippen LogP contribution < -0.4 is 11.3 Å². The van der Waals surface area contributed by atoms with Gasteiger partial charge in [0.05, 0.1) is 0 Å². The van der Waals surface area contributed by atoms with Gasteiger partial charge in [-0.25, -0.2) is 0 Å².